The van der Waals surface area contributed by atoms with Crippen molar-refractivity contribution in [2.75, 3.05) is 12.3 Å². The van der Waals surface area contributed by atoms with Gasteiger partial charge in [0.2, 0.25) is 0 Å². The highest BCUT2D eigenvalue weighted by atomic mass is 16.2. The van der Waals surface area contributed by atoms with Gasteiger partial charge in [-0.3, -0.25) is 4.79 Å². The quantitative estimate of drug-likeness (QED) is 0.571. The minimum absolute atomic E-state index is 0.0796. The van der Waals surface area contributed by atoms with Crippen LogP contribution in [0.1, 0.15) is 10.5 Å². The third-order valence-corrected chi connectivity index (χ3v) is 1.65. The number of nitrogen functional groups attached to an aromatic ring is 1. The number of nitrogens with zero attached hydrogens (tertiary/aromatic N) is 2. The van der Waals surface area contributed by atoms with Gasteiger partial charge in [-0.2, -0.15) is 0 Å². The summed E-state index contributed by atoms with van der Waals surface area (Å²) in [4.78, 5) is 25.8. The summed E-state index contributed by atoms with van der Waals surface area (Å²) < 4.78 is 1.00. The van der Waals surface area contributed by atoms with Crippen LogP contribution >= 0.6 is 0 Å². The molecule has 15 heavy (non-hydrogen) atoms. The Kier molecular flexibility index (Phi) is 3.06. The van der Waals surface area contributed by atoms with Gasteiger partial charge in [-0.1, -0.05) is 6.08 Å². The number of nitrogens with two attached hydrogens (primary N) is 2. The van der Waals surface area contributed by atoms with Gasteiger partial charge in [-0.15, -0.1) is 6.58 Å². The van der Waals surface area contributed by atoms with Crippen LogP contribution in [0, 0.1) is 0 Å². The monoisotopic (exact) mass is 209 g/mol. The summed E-state index contributed by atoms with van der Waals surface area (Å²) in [6.07, 6.45) is 2.65. The Morgan fingerprint density at radius 1 is 1.67 bits per heavy atom. The van der Waals surface area contributed by atoms with Gasteiger partial charge in [0.25, 0.3) is 5.91 Å². The van der Waals surface area contributed by atoms with E-state index in [0.29, 0.717) is 6.54 Å². The number of anilines is 1. The summed E-state index contributed by atoms with van der Waals surface area (Å²) in [5.41, 5.74) is 10.4. The molecular weight excluding hydrogens is 198 g/mol. The molecule has 0 fully saturated rings. The van der Waals surface area contributed by atoms with Crippen LogP contribution in [0.25, 0.3) is 0 Å². The maximum Gasteiger partial charge on any atom is 0.328 e. The number of imidazole rings is 1. The summed E-state index contributed by atoms with van der Waals surface area (Å²) in [7, 11) is 0. The van der Waals surface area contributed by atoms with Crippen LogP contribution in [0.4, 0.5) is 10.6 Å². The lowest BCUT2D eigenvalue weighted by molar-refractivity contribution is 0.0997. The van der Waals surface area contributed by atoms with Gasteiger partial charge < -0.3 is 16.8 Å². The Morgan fingerprint density at radius 2 is 2.33 bits per heavy atom. The number of carbonyl (C=O) groups is 2. The van der Waals surface area contributed by atoms with Crippen molar-refractivity contribution in [3.05, 3.63) is 24.7 Å². The maximum atomic E-state index is 11.4. The fourth-order valence-corrected chi connectivity index (χ4v) is 0.954. The number of hydrogen-bond acceptors (Lipinski definition) is 4. The molecule has 1 rings (SSSR count). The van der Waals surface area contributed by atoms with E-state index in [9.17, 15) is 9.59 Å². The molecule has 0 aromatic carbocycles. The predicted octanol–water partition coefficient (Wildman–Crippen LogP) is -0.692. The standard InChI is InChI=1S/C8H11N5O2/c1-2-3-11-8(15)13-4-12-5(6(13)9)7(10)14/h2,4H,1,3,9H2,(H2,10,14)(H,11,15). The Balaban J connectivity index is 2.91. The van der Waals surface area contributed by atoms with Crippen LogP contribution in [0.3, 0.4) is 0 Å². The molecule has 7 heteroatoms. The molecule has 0 atom stereocenters. The van der Waals surface area contributed by atoms with Crippen molar-refractivity contribution in [2.45, 2.75) is 0 Å². The van der Waals surface area contributed by atoms with E-state index in [4.69, 9.17) is 11.5 Å². The van der Waals surface area contributed by atoms with E-state index < -0.39 is 11.9 Å². The van der Waals surface area contributed by atoms with Crippen LogP contribution in [0.5, 0.6) is 0 Å². The predicted molar refractivity (Wildman–Crippen MR) is 54.2 cm³/mol. The van der Waals surface area contributed by atoms with E-state index in [2.05, 4.69) is 16.9 Å². The van der Waals surface area contributed by atoms with E-state index in [1.165, 1.54) is 6.08 Å². The molecule has 0 saturated heterocycles. The van der Waals surface area contributed by atoms with Gasteiger partial charge in [0.15, 0.2) is 5.69 Å². The summed E-state index contributed by atoms with van der Waals surface area (Å²) >= 11 is 0. The van der Waals surface area contributed by atoms with E-state index in [1.807, 2.05) is 0 Å². The molecular formula is C8H11N5O2. The Bertz CT molecular complexity index is 409. The first-order chi connectivity index (χ1) is 7.07. The second kappa shape index (κ2) is 4.27. The zero-order chi connectivity index (χ0) is 11.4. The van der Waals surface area contributed by atoms with Crippen LogP contribution in [-0.2, 0) is 0 Å². The smallest absolute Gasteiger partial charge is 0.328 e. The molecule has 2 amide bonds. The van der Waals surface area contributed by atoms with Gasteiger partial charge in [0.05, 0.1) is 0 Å². The molecule has 0 aliphatic heterocycles. The molecule has 1 aromatic heterocycles. The lowest BCUT2D eigenvalue weighted by Crippen LogP contribution is -2.29. The second-order valence-corrected chi connectivity index (χ2v) is 2.69. The molecule has 80 valence electrons. The molecule has 5 N–H and O–H groups in total. The third kappa shape index (κ3) is 2.13. The highest BCUT2D eigenvalue weighted by molar-refractivity contribution is 5.97. The van der Waals surface area contributed by atoms with E-state index in [-0.39, 0.29) is 11.5 Å². The lowest BCUT2D eigenvalue weighted by atomic mass is 10.4. The average molecular weight is 209 g/mol. The van der Waals surface area contributed by atoms with E-state index >= 15 is 0 Å². The minimum atomic E-state index is -0.775. The number of primary amides is 1. The average Bonchev–Trinajstić information content (AvgIpc) is 2.56. The molecule has 0 radical (unpaired) electrons. The van der Waals surface area contributed by atoms with Crippen LogP contribution in [0.2, 0.25) is 0 Å². The van der Waals surface area contributed by atoms with Crippen LogP contribution in [0.15, 0.2) is 19.0 Å². The number of aromatic nitrogens is 2. The summed E-state index contributed by atoms with van der Waals surface area (Å²) in [5, 5.41) is 2.48. The largest absolute Gasteiger partial charge is 0.383 e. The molecule has 7 nitrogen and oxygen atoms in total. The molecule has 0 saturated carbocycles. The van der Waals surface area contributed by atoms with Crippen molar-refractivity contribution < 1.29 is 9.59 Å². The van der Waals surface area contributed by atoms with Crippen molar-refractivity contribution in [1.82, 2.24) is 14.9 Å². The number of carbonyl (C=O) groups excluding carboxylic acids is 2. The molecule has 0 aliphatic carbocycles. The van der Waals surface area contributed by atoms with Crippen molar-refractivity contribution in [1.29, 1.82) is 0 Å². The van der Waals surface area contributed by atoms with Gasteiger partial charge in [-0.05, 0) is 0 Å². The van der Waals surface area contributed by atoms with Crippen LogP contribution in [-0.4, -0.2) is 28.0 Å². The topological polar surface area (TPSA) is 116 Å². The normalized spacial score (nSPS) is 9.60. The highest BCUT2D eigenvalue weighted by Gasteiger charge is 2.16. The molecule has 0 aliphatic rings. The number of rotatable bonds is 3. The number of nitrogens with one attached hydrogen (secondary N) is 1. The van der Waals surface area contributed by atoms with Gasteiger partial charge in [0, 0.05) is 6.54 Å². The zero-order valence-corrected chi connectivity index (χ0v) is 7.93. The Labute approximate surface area is 85.8 Å². The Hall–Kier alpha value is -2.31. The Morgan fingerprint density at radius 3 is 2.80 bits per heavy atom. The number of hydrogen-bond donors (Lipinski definition) is 3. The lowest BCUT2D eigenvalue weighted by Gasteiger charge is -2.03. The first-order valence-electron chi connectivity index (χ1n) is 4.09. The molecule has 0 unspecified atom stereocenters. The minimum Gasteiger partial charge on any atom is -0.383 e. The van der Waals surface area contributed by atoms with Gasteiger partial charge >= 0.3 is 6.03 Å². The van der Waals surface area contributed by atoms with E-state index in [1.54, 1.807) is 0 Å². The molecule has 1 heterocycles. The molecule has 0 bridgehead atoms. The van der Waals surface area contributed by atoms with Gasteiger partial charge in [-0.25, -0.2) is 14.3 Å². The molecule has 1 aromatic rings. The van der Waals surface area contributed by atoms with Crippen molar-refractivity contribution in [2.24, 2.45) is 5.73 Å². The third-order valence-electron chi connectivity index (χ3n) is 1.65. The SMILES string of the molecule is C=CCNC(=O)n1cnc(C(N)=O)c1N. The molecule has 0 spiro atoms. The summed E-state index contributed by atoms with van der Waals surface area (Å²) in [6, 6.07) is -0.493. The van der Waals surface area contributed by atoms with Crippen LogP contribution < -0.4 is 16.8 Å². The van der Waals surface area contributed by atoms with Crippen molar-refractivity contribution in [3.8, 4) is 0 Å². The van der Waals surface area contributed by atoms with Crippen molar-refractivity contribution >= 4 is 17.8 Å². The highest BCUT2D eigenvalue weighted by Crippen LogP contribution is 2.08. The first-order valence-corrected chi connectivity index (χ1v) is 4.09. The zero-order valence-electron chi connectivity index (χ0n) is 7.93. The maximum absolute atomic E-state index is 11.4. The first kappa shape index (κ1) is 10.8. The summed E-state index contributed by atoms with van der Waals surface area (Å²) in [6.45, 7) is 3.73. The van der Waals surface area contributed by atoms with E-state index in [0.717, 1.165) is 10.9 Å². The van der Waals surface area contributed by atoms with Gasteiger partial charge in [0.1, 0.15) is 12.1 Å². The number of amides is 2. The fraction of sp³-hybridized carbons (Fsp3) is 0.125. The summed E-state index contributed by atoms with van der Waals surface area (Å²) in [5.74, 6) is -0.855. The second-order valence-electron chi connectivity index (χ2n) is 2.69. The fourth-order valence-electron chi connectivity index (χ4n) is 0.954. The van der Waals surface area contributed by atoms with Crippen molar-refractivity contribution in [3.63, 3.8) is 0 Å².